The second-order valence-electron chi connectivity index (χ2n) is 5.85. The van der Waals surface area contributed by atoms with E-state index in [9.17, 15) is 5.11 Å². The van der Waals surface area contributed by atoms with Crippen molar-refractivity contribution in [1.82, 2.24) is 0 Å². The molecule has 84 valence electrons. The first-order chi connectivity index (χ1) is 6.44. The lowest BCUT2D eigenvalue weighted by Gasteiger charge is -2.40. The summed E-state index contributed by atoms with van der Waals surface area (Å²) in [6, 6.07) is 0. The lowest BCUT2D eigenvalue weighted by atomic mass is 9.70. The Morgan fingerprint density at radius 2 is 1.93 bits per heavy atom. The van der Waals surface area contributed by atoms with Crippen LogP contribution >= 0.6 is 0 Å². The molecular formula is C13H26O. The molecule has 0 bridgehead atoms. The van der Waals surface area contributed by atoms with E-state index in [4.69, 9.17) is 0 Å². The zero-order valence-electron chi connectivity index (χ0n) is 10.2. The van der Waals surface area contributed by atoms with Crippen molar-refractivity contribution in [2.24, 2.45) is 17.8 Å². The number of rotatable bonds is 3. The van der Waals surface area contributed by atoms with Gasteiger partial charge in [-0.05, 0) is 37.0 Å². The summed E-state index contributed by atoms with van der Waals surface area (Å²) in [4.78, 5) is 0. The monoisotopic (exact) mass is 198 g/mol. The fourth-order valence-corrected chi connectivity index (χ4v) is 2.79. The molecule has 1 aliphatic rings. The van der Waals surface area contributed by atoms with Crippen LogP contribution in [0.15, 0.2) is 0 Å². The first-order valence-corrected chi connectivity index (χ1v) is 6.16. The molecule has 0 aromatic carbocycles. The van der Waals surface area contributed by atoms with Crippen molar-refractivity contribution in [3.8, 4) is 0 Å². The zero-order chi connectivity index (χ0) is 10.8. The van der Waals surface area contributed by atoms with Gasteiger partial charge in [-0.1, -0.05) is 40.5 Å². The average Bonchev–Trinajstić information content (AvgIpc) is 2.02. The molecule has 0 aliphatic heterocycles. The van der Waals surface area contributed by atoms with Crippen LogP contribution in [0.4, 0.5) is 0 Å². The van der Waals surface area contributed by atoms with E-state index in [1.165, 1.54) is 19.3 Å². The van der Waals surface area contributed by atoms with Crippen molar-refractivity contribution < 1.29 is 5.11 Å². The number of aliphatic hydroxyl groups is 1. The molecule has 2 unspecified atom stereocenters. The Balaban J connectivity index is 2.51. The van der Waals surface area contributed by atoms with Crippen LogP contribution in [0.1, 0.15) is 59.8 Å². The highest BCUT2D eigenvalue weighted by Gasteiger charge is 2.36. The van der Waals surface area contributed by atoms with E-state index in [0.717, 1.165) is 24.7 Å². The van der Waals surface area contributed by atoms with Gasteiger partial charge in [0.25, 0.3) is 0 Å². The summed E-state index contributed by atoms with van der Waals surface area (Å²) >= 11 is 0. The molecule has 14 heavy (non-hydrogen) atoms. The van der Waals surface area contributed by atoms with Crippen LogP contribution in [0.2, 0.25) is 0 Å². The molecule has 1 rings (SSSR count). The van der Waals surface area contributed by atoms with Gasteiger partial charge < -0.3 is 5.11 Å². The van der Waals surface area contributed by atoms with Gasteiger partial charge in [0.15, 0.2) is 0 Å². The molecule has 1 nitrogen and oxygen atoms in total. The van der Waals surface area contributed by atoms with Crippen molar-refractivity contribution in [3.63, 3.8) is 0 Å². The molecule has 0 amide bonds. The van der Waals surface area contributed by atoms with Crippen LogP contribution in [-0.2, 0) is 0 Å². The summed E-state index contributed by atoms with van der Waals surface area (Å²) in [6.45, 7) is 8.86. The van der Waals surface area contributed by atoms with E-state index < -0.39 is 0 Å². The fraction of sp³-hybridized carbons (Fsp3) is 1.00. The van der Waals surface area contributed by atoms with Crippen LogP contribution in [0.3, 0.4) is 0 Å². The van der Waals surface area contributed by atoms with Crippen molar-refractivity contribution in [2.45, 2.75) is 65.4 Å². The predicted octanol–water partition coefficient (Wildman–Crippen LogP) is 3.61. The smallest absolute Gasteiger partial charge is 0.0673 e. The molecule has 1 N–H and O–H groups in total. The van der Waals surface area contributed by atoms with Gasteiger partial charge in [-0.3, -0.25) is 0 Å². The maximum absolute atomic E-state index is 10.4. The highest BCUT2D eigenvalue weighted by molar-refractivity contribution is 4.88. The average molecular weight is 198 g/mol. The molecule has 1 fully saturated rings. The van der Waals surface area contributed by atoms with Gasteiger partial charge in [0.05, 0.1) is 5.60 Å². The van der Waals surface area contributed by atoms with Crippen LogP contribution in [0.5, 0.6) is 0 Å². The Kier molecular flexibility index (Phi) is 4.00. The summed E-state index contributed by atoms with van der Waals surface area (Å²) in [5.74, 6) is 1.95. The molecule has 0 radical (unpaired) electrons. The summed E-state index contributed by atoms with van der Waals surface area (Å²) in [5.41, 5.74) is -0.363. The Morgan fingerprint density at radius 3 is 2.43 bits per heavy atom. The molecule has 1 saturated carbocycles. The Morgan fingerprint density at radius 1 is 1.29 bits per heavy atom. The van der Waals surface area contributed by atoms with Crippen molar-refractivity contribution in [1.29, 1.82) is 0 Å². The van der Waals surface area contributed by atoms with E-state index in [0.29, 0.717) is 5.92 Å². The van der Waals surface area contributed by atoms with Gasteiger partial charge in [0, 0.05) is 0 Å². The van der Waals surface area contributed by atoms with Gasteiger partial charge in [0.2, 0.25) is 0 Å². The third-order valence-electron chi connectivity index (χ3n) is 3.74. The first-order valence-electron chi connectivity index (χ1n) is 6.16. The lowest BCUT2D eigenvalue weighted by Crippen LogP contribution is -2.40. The van der Waals surface area contributed by atoms with Crippen LogP contribution in [-0.4, -0.2) is 10.7 Å². The van der Waals surface area contributed by atoms with Gasteiger partial charge >= 0.3 is 0 Å². The maximum atomic E-state index is 10.4. The minimum absolute atomic E-state index is 0.363. The maximum Gasteiger partial charge on any atom is 0.0673 e. The molecule has 0 aromatic heterocycles. The first kappa shape index (κ1) is 12.0. The van der Waals surface area contributed by atoms with Crippen molar-refractivity contribution >= 4 is 0 Å². The van der Waals surface area contributed by atoms with Gasteiger partial charge in [-0.25, -0.2) is 0 Å². The van der Waals surface area contributed by atoms with Crippen LogP contribution in [0.25, 0.3) is 0 Å². The molecule has 2 atom stereocenters. The highest BCUT2D eigenvalue weighted by atomic mass is 16.3. The Bertz CT molecular complexity index is 174. The second-order valence-corrected chi connectivity index (χ2v) is 5.85. The largest absolute Gasteiger partial charge is 0.390 e. The number of hydrogen-bond donors (Lipinski definition) is 1. The van der Waals surface area contributed by atoms with Gasteiger partial charge in [-0.2, -0.15) is 0 Å². The van der Waals surface area contributed by atoms with E-state index in [-0.39, 0.29) is 5.60 Å². The van der Waals surface area contributed by atoms with E-state index in [1.54, 1.807) is 0 Å². The van der Waals surface area contributed by atoms with E-state index >= 15 is 0 Å². The minimum Gasteiger partial charge on any atom is -0.390 e. The summed E-state index contributed by atoms with van der Waals surface area (Å²) in [6.07, 6.45) is 5.87. The molecule has 1 heteroatoms. The summed E-state index contributed by atoms with van der Waals surface area (Å²) in [5, 5.41) is 10.4. The second kappa shape index (κ2) is 4.65. The molecule has 0 spiro atoms. The van der Waals surface area contributed by atoms with E-state index in [1.807, 2.05) is 0 Å². The molecule has 1 aliphatic carbocycles. The zero-order valence-corrected chi connectivity index (χ0v) is 10.2. The molecule has 0 heterocycles. The molecular weight excluding hydrogens is 172 g/mol. The molecule has 0 saturated heterocycles. The minimum atomic E-state index is -0.363. The van der Waals surface area contributed by atoms with Gasteiger partial charge in [0.1, 0.15) is 0 Å². The third kappa shape index (κ3) is 2.98. The van der Waals surface area contributed by atoms with Crippen LogP contribution < -0.4 is 0 Å². The predicted molar refractivity (Wildman–Crippen MR) is 61.2 cm³/mol. The lowest BCUT2D eigenvalue weighted by molar-refractivity contribution is -0.0564. The fourth-order valence-electron chi connectivity index (χ4n) is 2.79. The Labute approximate surface area is 88.9 Å². The van der Waals surface area contributed by atoms with E-state index in [2.05, 4.69) is 27.7 Å². The summed E-state index contributed by atoms with van der Waals surface area (Å²) < 4.78 is 0. The van der Waals surface area contributed by atoms with Gasteiger partial charge in [-0.15, -0.1) is 0 Å². The summed E-state index contributed by atoms with van der Waals surface area (Å²) in [7, 11) is 0. The Hall–Kier alpha value is -0.0400. The quantitative estimate of drug-likeness (QED) is 0.734. The third-order valence-corrected chi connectivity index (χ3v) is 3.74. The van der Waals surface area contributed by atoms with Crippen molar-refractivity contribution in [2.75, 3.05) is 0 Å². The van der Waals surface area contributed by atoms with Crippen LogP contribution in [0, 0.1) is 17.8 Å². The standard InChI is InChI=1S/C13H26O/c1-10(2)8-12-6-5-7-13(14,9-12)11(3)4/h10-12,14H,5-9H2,1-4H3. The highest BCUT2D eigenvalue weighted by Crippen LogP contribution is 2.39. The normalized spacial score (nSPS) is 34.1. The van der Waals surface area contributed by atoms with Crippen molar-refractivity contribution in [3.05, 3.63) is 0 Å². The topological polar surface area (TPSA) is 20.2 Å². The SMILES string of the molecule is CC(C)CC1CCCC(O)(C(C)C)C1. The molecule has 0 aromatic rings. The number of hydrogen-bond acceptors (Lipinski definition) is 1.